The third kappa shape index (κ3) is 8.44. The van der Waals surface area contributed by atoms with E-state index in [-0.39, 0.29) is 26.2 Å². The van der Waals surface area contributed by atoms with E-state index < -0.39 is 47.0 Å². The predicted molar refractivity (Wildman–Crippen MR) is 132 cm³/mol. The monoisotopic (exact) mass is 604 g/mol. The van der Waals surface area contributed by atoms with E-state index in [4.69, 9.17) is 39.5 Å². The number of halogens is 9. The number of alkyl halides is 6. The van der Waals surface area contributed by atoms with Crippen molar-refractivity contribution < 1.29 is 40.7 Å². The molecule has 0 heterocycles. The number of benzene rings is 2. The summed E-state index contributed by atoms with van der Waals surface area (Å²) < 4.78 is 87.5. The summed E-state index contributed by atoms with van der Waals surface area (Å²) in [7, 11) is 1.07. The van der Waals surface area contributed by atoms with Crippen LogP contribution in [0.2, 0.25) is 15.1 Å². The molecule has 14 heteroatoms. The largest absolute Gasteiger partial charge is 0.442 e. The molecule has 0 aliphatic carbocycles. The third-order valence-electron chi connectivity index (χ3n) is 4.73. The SMILES string of the molecule is CN(NC(=O)c1ccc(C=CC(c2cc(Cl)c(Cl)c(Cl)c2)C(F)(F)F)cc1C(F)(F)F)C(=O)OC(C)(C)C. The number of carbonyl (C=O) groups is 2. The first-order chi connectivity index (χ1) is 17.2. The zero-order valence-corrected chi connectivity index (χ0v) is 22.5. The molecule has 0 aliphatic rings. The van der Waals surface area contributed by atoms with Crippen LogP contribution in [-0.2, 0) is 10.9 Å². The second-order valence-corrected chi connectivity index (χ2v) is 10.2. The molecule has 2 amide bonds. The molecular weight excluding hydrogens is 585 g/mol. The normalized spacial score (nSPS) is 13.4. The fraction of sp³-hybridized carbons (Fsp3) is 0.333. The van der Waals surface area contributed by atoms with Gasteiger partial charge in [-0.2, -0.15) is 26.3 Å². The Morgan fingerprint density at radius 1 is 0.974 bits per heavy atom. The predicted octanol–water partition coefficient (Wildman–Crippen LogP) is 8.54. The first kappa shape index (κ1) is 31.6. The Labute approximate surface area is 229 Å². The number of rotatable bonds is 4. The van der Waals surface area contributed by atoms with Gasteiger partial charge in [-0.1, -0.05) is 53.0 Å². The van der Waals surface area contributed by atoms with Crippen LogP contribution in [0.3, 0.4) is 0 Å². The maximum atomic E-state index is 13.8. The minimum Gasteiger partial charge on any atom is -0.442 e. The van der Waals surface area contributed by atoms with Gasteiger partial charge in [0.1, 0.15) is 5.60 Å². The number of allylic oxidation sites excluding steroid dienone is 1. The first-order valence-electron chi connectivity index (χ1n) is 10.6. The maximum Gasteiger partial charge on any atom is 0.428 e. The fourth-order valence-corrected chi connectivity index (χ4v) is 3.67. The number of nitrogens with zero attached hydrogens (tertiary/aromatic N) is 1. The number of hydrogen-bond acceptors (Lipinski definition) is 3. The molecule has 1 atom stereocenters. The first-order valence-corrected chi connectivity index (χ1v) is 11.7. The number of nitrogens with one attached hydrogen (secondary N) is 1. The van der Waals surface area contributed by atoms with Gasteiger partial charge in [-0.15, -0.1) is 0 Å². The van der Waals surface area contributed by atoms with E-state index >= 15 is 0 Å². The molecular formula is C24H21Cl3F6N2O3. The summed E-state index contributed by atoms with van der Waals surface area (Å²) in [6.45, 7) is 4.65. The highest BCUT2D eigenvalue weighted by atomic mass is 35.5. The Hall–Kier alpha value is -2.63. The van der Waals surface area contributed by atoms with Crippen molar-refractivity contribution in [1.29, 1.82) is 0 Å². The van der Waals surface area contributed by atoms with Crippen LogP contribution in [0.15, 0.2) is 36.4 Å². The van der Waals surface area contributed by atoms with Crippen LogP contribution in [0, 0.1) is 0 Å². The van der Waals surface area contributed by atoms with Crippen molar-refractivity contribution in [2.75, 3.05) is 7.05 Å². The zero-order valence-electron chi connectivity index (χ0n) is 20.2. The van der Waals surface area contributed by atoms with Gasteiger partial charge in [0.2, 0.25) is 0 Å². The molecule has 5 nitrogen and oxygen atoms in total. The van der Waals surface area contributed by atoms with Gasteiger partial charge in [0.15, 0.2) is 0 Å². The van der Waals surface area contributed by atoms with Crippen molar-refractivity contribution in [2.45, 2.75) is 44.6 Å². The quantitative estimate of drug-likeness (QED) is 0.216. The molecule has 1 N–H and O–H groups in total. The molecule has 38 heavy (non-hydrogen) atoms. The third-order valence-corrected chi connectivity index (χ3v) is 5.93. The van der Waals surface area contributed by atoms with Gasteiger partial charge in [-0.3, -0.25) is 10.2 Å². The van der Waals surface area contributed by atoms with Gasteiger partial charge in [0, 0.05) is 7.05 Å². The van der Waals surface area contributed by atoms with Crippen molar-refractivity contribution >= 4 is 52.9 Å². The molecule has 0 radical (unpaired) electrons. The van der Waals surface area contributed by atoms with E-state index in [0.717, 1.165) is 37.4 Å². The summed E-state index contributed by atoms with van der Waals surface area (Å²) in [4.78, 5) is 24.5. The highest BCUT2D eigenvalue weighted by Crippen LogP contribution is 2.41. The standard InChI is InChI=1S/C24H21Cl3F6N2O3/c1-22(2,3)38-21(37)35(4)34-20(36)14-7-5-12(9-16(14)24(31,32)33)6-8-15(23(28,29)30)13-10-17(25)19(27)18(26)11-13/h5-11,15H,1-4H3,(H,34,36). The minimum absolute atomic E-state index is 0.150. The van der Waals surface area contributed by atoms with Crippen molar-refractivity contribution in [3.8, 4) is 0 Å². The average molecular weight is 606 g/mol. The highest BCUT2D eigenvalue weighted by molar-refractivity contribution is 6.48. The molecule has 208 valence electrons. The Morgan fingerprint density at radius 3 is 2.00 bits per heavy atom. The van der Waals surface area contributed by atoms with Gasteiger partial charge in [-0.25, -0.2) is 9.80 Å². The number of hydrogen-bond donors (Lipinski definition) is 1. The van der Waals surface area contributed by atoms with E-state index in [1.807, 2.05) is 5.43 Å². The zero-order chi connectivity index (χ0) is 29.2. The van der Waals surface area contributed by atoms with Crippen molar-refractivity contribution in [3.63, 3.8) is 0 Å². The van der Waals surface area contributed by atoms with E-state index in [2.05, 4.69) is 0 Å². The van der Waals surface area contributed by atoms with Crippen LogP contribution in [0.25, 0.3) is 6.08 Å². The average Bonchev–Trinajstić information content (AvgIpc) is 2.74. The smallest absolute Gasteiger partial charge is 0.428 e. The summed E-state index contributed by atoms with van der Waals surface area (Å²) in [5.41, 5.74) is -1.93. The molecule has 0 saturated heterocycles. The molecule has 2 rings (SSSR count). The molecule has 2 aromatic carbocycles. The molecule has 0 bridgehead atoms. The lowest BCUT2D eigenvalue weighted by Gasteiger charge is -2.25. The minimum atomic E-state index is -5.05. The molecule has 0 fully saturated rings. The van der Waals surface area contributed by atoms with Crippen LogP contribution < -0.4 is 5.43 Å². The Kier molecular flexibility index (Phi) is 9.67. The summed E-state index contributed by atoms with van der Waals surface area (Å²) >= 11 is 17.5. The van der Waals surface area contributed by atoms with Crippen molar-refractivity contribution in [2.24, 2.45) is 0 Å². The number of hydrazine groups is 1. The summed E-state index contributed by atoms with van der Waals surface area (Å²) in [5.74, 6) is -3.57. The van der Waals surface area contributed by atoms with E-state index in [1.165, 1.54) is 0 Å². The molecule has 0 aliphatic heterocycles. The number of ether oxygens (including phenoxy) is 1. The second-order valence-electron chi connectivity index (χ2n) is 8.96. The maximum absolute atomic E-state index is 13.8. The lowest BCUT2D eigenvalue weighted by molar-refractivity contribution is -0.139. The molecule has 1 unspecified atom stereocenters. The Morgan fingerprint density at radius 2 is 1.53 bits per heavy atom. The van der Waals surface area contributed by atoms with Gasteiger partial charge < -0.3 is 4.74 Å². The summed E-state index contributed by atoms with van der Waals surface area (Å²) in [5, 5.41) is -0.0496. The Bertz CT molecular complexity index is 1220. The fourth-order valence-electron chi connectivity index (χ4n) is 3.06. The van der Waals surface area contributed by atoms with Gasteiger partial charge in [-0.05, 0) is 56.2 Å². The topological polar surface area (TPSA) is 58.6 Å². The summed E-state index contributed by atoms with van der Waals surface area (Å²) in [6, 6.07) is 4.21. The Balaban J connectivity index is 2.42. The van der Waals surface area contributed by atoms with Crippen LogP contribution >= 0.6 is 34.8 Å². The van der Waals surface area contributed by atoms with E-state index in [9.17, 15) is 35.9 Å². The lowest BCUT2D eigenvalue weighted by atomic mass is 9.96. The van der Waals surface area contributed by atoms with Gasteiger partial charge >= 0.3 is 18.4 Å². The molecule has 0 saturated carbocycles. The van der Waals surface area contributed by atoms with E-state index in [1.54, 1.807) is 20.8 Å². The number of carbonyl (C=O) groups excluding carboxylic acids is 2. The number of amides is 2. The van der Waals surface area contributed by atoms with Crippen LogP contribution in [0.1, 0.15) is 53.7 Å². The van der Waals surface area contributed by atoms with Gasteiger partial charge in [0.05, 0.1) is 32.1 Å². The van der Waals surface area contributed by atoms with Crippen molar-refractivity contribution in [3.05, 3.63) is 73.7 Å². The highest BCUT2D eigenvalue weighted by Gasteiger charge is 2.40. The van der Waals surface area contributed by atoms with Gasteiger partial charge in [0.25, 0.3) is 5.91 Å². The molecule has 2 aromatic rings. The van der Waals surface area contributed by atoms with Crippen molar-refractivity contribution in [1.82, 2.24) is 10.4 Å². The second kappa shape index (κ2) is 11.6. The molecule has 0 spiro atoms. The van der Waals surface area contributed by atoms with Crippen LogP contribution in [0.5, 0.6) is 0 Å². The lowest BCUT2D eigenvalue weighted by Crippen LogP contribution is -2.46. The van der Waals surface area contributed by atoms with E-state index in [0.29, 0.717) is 17.2 Å². The van der Waals surface area contributed by atoms with Crippen LogP contribution in [-0.4, -0.2) is 35.8 Å². The van der Waals surface area contributed by atoms with Crippen LogP contribution in [0.4, 0.5) is 31.1 Å². The molecule has 0 aromatic heterocycles. The summed E-state index contributed by atoms with van der Waals surface area (Å²) in [6.07, 6.45) is -9.49.